The fourth-order valence-corrected chi connectivity index (χ4v) is 6.19. The summed E-state index contributed by atoms with van der Waals surface area (Å²) in [5.41, 5.74) is 3.88. The minimum Gasteiger partial charge on any atom is -0.454 e. The van der Waals surface area contributed by atoms with Gasteiger partial charge in [-0.3, -0.25) is 4.90 Å². The van der Waals surface area contributed by atoms with Crippen molar-refractivity contribution in [1.29, 1.82) is 0 Å². The molecule has 1 aromatic carbocycles. The van der Waals surface area contributed by atoms with E-state index >= 15 is 0 Å². The molecule has 1 N–H and O–H groups in total. The summed E-state index contributed by atoms with van der Waals surface area (Å²) in [5.74, 6) is 1.65. The van der Waals surface area contributed by atoms with Crippen LogP contribution in [-0.2, 0) is 11.0 Å². The molecule has 3 aliphatic heterocycles. The van der Waals surface area contributed by atoms with Crippen molar-refractivity contribution in [3.63, 3.8) is 0 Å². The number of nitrogens with zero attached hydrogens (tertiary/aromatic N) is 1. The molecule has 0 spiro atoms. The summed E-state index contributed by atoms with van der Waals surface area (Å²) >= 11 is 0. The van der Waals surface area contributed by atoms with Gasteiger partial charge < -0.3 is 19.0 Å². The summed E-state index contributed by atoms with van der Waals surface area (Å²) in [6.07, 6.45) is 2.51. The molecular weight excluding hydrogens is 370 g/mol. The fraction of sp³-hybridized carbons (Fsp3) is 0.636. The average molecular weight is 402 g/mol. The monoisotopic (exact) mass is 401 g/mol. The lowest BCUT2D eigenvalue weighted by atomic mass is 9.73. The van der Waals surface area contributed by atoms with Gasteiger partial charge in [0.25, 0.3) is 0 Å². The summed E-state index contributed by atoms with van der Waals surface area (Å²) in [4.78, 5) is 2.51. The maximum atomic E-state index is 11.5. The molecule has 4 aliphatic rings. The fourth-order valence-electron chi connectivity index (χ4n) is 4.95. The minimum atomic E-state index is -1.99. The van der Waals surface area contributed by atoms with Crippen molar-refractivity contribution >= 4 is 8.32 Å². The molecule has 6 heteroatoms. The van der Waals surface area contributed by atoms with Crippen LogP contribution in [0.4, 0.5) is 0 Å². The second-order valence-corrected chi connectivity index (χ2v) is 14.9. The highest BCUT2D eigenvalue weighted by Gasteiger charge is 2.51. The lowest BCUT2D eigenvalue weighted by molar-refractivity contribution is 0.00399. The van der Waals surface area contributed by atoms with Crippen LogP contribution in [0.1, 0.15) is 44.2 Å². The third-order valence-corrected chi connectivity index (χ3v) is 12.0. The van der Waals surface area contributed by atoms with E-state index in [1.165, 1.54) is 16.7 Å². The van der Waals surface area contributed by atoms with Crippen molar-refractivity contribution in [2.45, 2.75) is 76.0 Å². The van der Waals surface area contributed by atoms with Crippen LogP contribution in [-0.4, -0.2) is 49.9 Å². The standard InChI is InChI=1S/C22H31NO4Si/c1-22(2,3)28(4,5)27-18-8-13-6-7-23-11-14-9-16-17(26-12-25-16)10-15(14)19(20(13)23)21(18)24/h8-10,18-21,24H,6-7,11-12H2,1-5H3/t18?,19?,20?,21-/m1/s1. The Morgan fingerprint density at radius 3 is 2.61 bits per heavy atom. The lowest BCUT2D eigenvalue weighted by Crippen LogP contribution is -2.54. The number of fused-ring (bicyclic) bond motifs is 3. The number of rotatable bonds is 2. The highest BCUT2D eigenvalue weighted by Crippen LogP contribution is 2.51. The van der Waals surface area contributed by atoms with E-state index in [4.69, 9.17) is 13.9 Å². The van der Waals surface area contributed by atoms with Crippen LogP contribution in [0.5, 0.6) is 11.5 Å². The molecule has 0 saturated carbocycles. The molecule has 3 heterocycles. The first kappa shape index (κ1) is 18.7. The van der Waals surface area contributed by atoms with E-state index in [0.29, 0.717) is 0 Å². The Morgan fingerprint density at radius 2 is 1.89 bits per heavy atom. The van der Waals surface area contributed by atoms with Crippen LogP contribution in [0.15, 0.2) is 23.8 Å². The summed E-state index contributed by atoms with van der Waals surface area (Å²) < 4.78 is 17.9. The molecule has 0 amide bonds. The minimum absolute atomic E-state index is 0.0236. The van der Waals surface area contributed by atoms with E-state index in [2.05, 4.69) is 57.0 Å². The average Bonchev–Trinajstić information content (AvgIpc) is 3.22. The van der Waals surface area contributed by atoms with E-state index in [-0.39, 0.29) is 29.9 Å². The molecule has 1 aliphatic carbocycles. The normalized spacial score (nSPS) is 31.4. The largest absolute Gasteiger partial charge is 0.454 e. The molecule has 4 atom stereocenters. The van der Waals surface area contributed by atoms with E-state index in [1.54, 1.807) is 0 Å². The zero-order valence-corrected chi connectivity index (χ0v) is 18.5. The van der Waals surface area contributed by atoms with Gasteiger partial charge in [-0.1, -0.05) is 32.4 Å². The van der Waals surface area contributed by atoms with E-state index in [0.717, 1.165) is 31.0 Å². The van der Waals surface area contributed by atoms with Gasteiger partial charge in [-0.25, -0.2) is 0 Å². The van der Waals surface area contributed by atoms with Gasteiger partial charge in [0.15, 0.2) is 19.8 Å². The van der Waals surface area contributed by atoms with Gasteiger partial charge in [0.05, 0.1) is 12.2 Å². The maximum Gasteiger partial charge on any atom is 0.231 e. The Morgan fingerprint density at radius 1 is 1.18 bits per heavy atom. The van der Waals surface area contributed by atoms with Crippen LogP contribution in [0.25, 0.3) is 0 Å². The van der Waals surface area contributed by atoms with Crippen LogP contribution in [0.2, 0.25) is 18.1 Å². The number of hydrogen-bond donors (Lipinski definition) is 1. The molecule has 3 unspecified atom stereocenters. The van der Waals surface area contributed by atoms with Gasteiger partial charge in [-0.15, -0.1) is 0 Å². The van der Waals surface area contributed by atoms with Gasteiger partial charge in [0.1, 0.15) is 0 Å². The second-order valence-electron chi connectivity index (χ2n) is 10.2. The molecule has 152 valence electrons. The summed E-state index contributed by atoms with van der Waals surface area (Å²) in [6, 6.07) is 4.50. The Hall–Kier alpha value is -1.34. The van der Waals surface area contributed by atoms with Crippen molar-refractivity contribution in [2.24, 2.45) is 0 Å². The van der Waals surface area contributed by atoms with Gasteiger partial charge in [-0.05, 0) is 47.8 Å². The topological polar surface area (TPSA) is 51.2 Å². The van der Waals surface area contributed by atoms with Crippen molar-refractivity contribution in [3.8, 4) is 11.5 Å². The smallest absolute Gasteiger partial charge is 0.231 e. The van der Waals surface area contributed by atoms with Gasteiger partial charge in [0, 0.05) is 25.0 Å². The predicted octanol–water partition coefficient (Wildman–Crippen LogP) is 3.78. The number of ether oxygens (including phenoxy) is 2. The Labute approximate surface area is 168 Å². The molecule has 5 nitrogen and oxygen atoms in total. The van der Waals surface area contributed by atoms with E-state index in [9.17, 15) is 5.11 Å². The van der Waals surface area contributed by atoms with Crippen molar-refractivity contribution in [1.82, 2.24) is 4.90 Å². The molecule has 1 aromatic rings. The SMILES string of the molecule is CC(C)(C)[Si](C)(C)OC1C=C2CCN3Cc4cc5c(cc4C(C23)[C@@H]1O)OCO5. The highest BCUT2D eigenvalue weighted by atomic mass is 28.4. The van der Waals surface area contributed by atoms with E-state index in [1.807, 2.05) is 0 Å². The van der Waals surface area contributed by atoms with Gasteiger partial charge in [0.2, 0.25) is 6.79 Å². The van der Waals surface area contributed by atoms with Crippen LogP contribution < -0.4 is 9.47 Å². The quantitative estimate of drug-likeness (QED) is 0.604. The van der Waals surface area contributed by atoms with Gasteiger partial charge >= 0.3 is 0 Å². The van der Waals surface area contributed by atoms with Gasteiger partial charge in [-0.2, -0.15) is 0 Å². The van der Waals surface area contributed by atoms with Crippen LogP contribution in [0, 0.1) is 0 Å². The first-order valence-electron chi connectivity index (χ1n) is 10.4. The molecule has 0 aromatic heterocycles. The number of hydrogen-bond acceptors (Lipinski definition) is 5. The third kappa shape index (κ3) is 2.69. The summed E-state index contributed by atoms with van der Waals surface area (Å²) in [5, 5.41) is 11.6. The molecule has 5 rings (SSSR count). The summed E-state index contributed by atoms with van der Waals surface area (Å²) in [7, 11) is -1.99. The molecule has 1 saturated heterocycles. The Balaban J connectivity index is 1.55. The summed E-state index contributed by atoms with van der Waals surface area (Å²) in [6.45, 7) is 13.5. The van der Waals surface area contributed by atoms with Crippen LogP contribution >= 0.6 is 0 Å². The number of aliphatic hydroxyl groups is 1. The molecule has 1 fully saturated rings. The third-order valence-electron chi connectivity index (χ3n) is 7.49. The second kappa shape index (κ2) is 6.08. The Kier molecular flexibility index (Phi) is 4.05. The molecule has 0 radical (unpaired) electrons. The zero-order chi connectivity index (χ0) is 19.8. The predicted molar refractivity (Wildman–Crippen MR) is 110 cm³/mol. The molecular formula is C22H31NO4Si. The highest BCUT2D eigenvalue weighted by molar-refractivity contribution is 6.74. The maximum absolute atomic E-state index is 11.5. The van der Waals surface area contributed by atoms with Crippen LogP contribution in [0.3, 0.4) is 0 Å². The number of aliphatic hydroxyl groups excluding tert-OH is 1. The first-order valence-corrected chi connectivity index (χ1v) is 13.3. The number of benzene rings is 1. The Bertz CT molecular complexity index is 844. The first-order chi connectivity index (χ1) is 13.2. The molecule has 0 bridgehead atoms. The van der Waals surface area contributed by atoms with E-state index < -0.39 is 14.4 Å². The van der Waals surface area contributed by atoms with Crippen molar-refractivity contribution in [2.75, 3.05) is 13.3 Å². The lowest BCUT2D eigenvalue weighted by Gasteiger charge is -2.48. The zero-order valence-electron chi connectivity index (χ0n) is 17.5. The molecule has 28 heavy (non-hydrogen) atoms. The van der Waals surface area contributed by atoms with Crippen molar-refractivity contribution < 1.29 is 19.0 Å². The van der Waals surface area contributed by atoms with Crippen molar-refractivity contribution in [3.05, 3.63) is 34.9 Å².